The van der Waals surface area contributed by atoms with E-state index in [9.17, 15) is 9.90 Å². The SMILES string of the molecule is Cc1ccc(C(=O)N(C)CC(O)C2CC2)cc1. The Balaban J connectivity index is 1.96. The van der Waals surface area contributed by atoms with Crippen molar-refractivity contribution >= 4 is 5.91 Å². The molecule has 92 valence electrons. The molecule has 17 heavy (non-hydrogen) atoms. The van der Waals surface area contributed by atoms with Crippen LogP contribution in [0.2, 0.25) is 0 Å². The summed E-state index contributed by atoms with van der Waals surface area (Å²) in [6.07, 6.45) is 1.82. The van der Waals surface area contributed by atoms with Gasteiger partial charge in [0, 0.05) is 19.2 Å². The second kappa shape index (κ2) is 4.88. The fourth-order valence-electron chi connectivity index (χ4n) is 1.91. The van der Waals surface area contributed by atoms with E-state index in [1.165, 1.54) is 0 Å². The van der Waals surface area contributed by atoms with Gasteiger partial charge >= 0.3 is 0 Å². The van der Waals surface area contributed by atoms with Crippen LogP contribution in [0.3, 0.4) is 0 Å². The van der Waals surface area contributed by atoms with Crippen LogP contribution in [0, 0.1) is 12.8 Å². The van der Waals surface area contributed by atoms with Crippen LogP contribution in [0.15, 0.2) is 24.3 Å². The Morgan fingerprint density at radius 1 is 1.41 bits per heavy atom. The van der Waals surface area contributed by atoms with E-state index < -0.39 is 0 Å². The molecule has 0 bridgehead atoms. The van der Waals surface area contributed by atoms with Crippen LogP contribution in [0.25, 0.3) is 0 Å². The normalized spacial score (nSPS) is 16.6. The van der Waals surface area contributed by atoms with Crippen molar-refractivity contribution in [3.63, 3.8) is 0 Å². The van der Waals surface area contributed by atoms with Crippen LogP contribution in [-0.4, -0.2) is 35.6 Å². The van der Waals surface area contributed by atoms with Gasteiger partial charge in [0.15, 0.2) is 0 Å². The Morgan fingerprint density at radius 3 is 2.53 bits per heavy atom. The molecule has 1 aliphatic carbocycles. The van der Waals surface area contributed by atoms with Gasteiger partial charge < -0.3 is 10.0 Å². The molecule has 3 nitrogen and oxygen atoms in total. The van der Waals surface area contributed by atoms with E-state index in [0.717, 1.165) is 18.4 Å². The lowest BCUT2D eigenvalue weighted by Gasteiger charge is -2.20. The van der Waals surface area contributed by atoms with E-state index in [2.05, 4.69) is 0 Å². The minimum atomic E-state index is -0.366. The summed E-state index contributed by atoms with van der Waals surface area (Å²) in [4.78, 5) is 13.7. The van der Waals surface area contributed by atoms with Crippen molar-refractivity contribution in [1.82, 2.24) is 4.90 Å². The molecule has 0 aliphatic heterocycles. The summed E-state index contributed by atoms with van der Waals surface area (Å²) in [6.45, 7) is 2.42. The van der Waals surface area contributed by atoms with Crippen molar-refractivity contribution in [2.24, 2.45) is 5.92 Å². The van der Waals surface area contributed by atoms with Crippen LogP contribution in [-0.2, 0) is 0 Å². The maximum Gasteiger partial charge on any atom is 0.253 e. The summed E-state index contributed by atoms with van der Waals surface area (Å²) in [7, 11) is 1.74. The largest absolute Gasteiger partial charge is 0.391 e. The van der Waals surface area contributed by atoms with Crippen molar-refractivity contribution in [1.29, 1.82) is 0 Å². The van der Waals surface area contributed by atoms with Crippen molar-refractivity contribution < 1.29 is 9.90 Å². The minimum absolute atomic E-state index is 0.0234. The summed E-state index contributed by atoms with van der Waals surface area (Å²) < 4.78 is 0. The van der Waals surface area contributed by atoms with E-state index in [1.807, 2.05) is 31.2 Å². The van der Waals surface area contributed by atoms with E-state index in [4.69, 9.17) is 0 Å². The maximum absolute atomic E-state index is 12.0. The highest BCUT2D eigenvalue weighted by molar-refractivity contribution is 5.94. The first-order valence-electron chi connectivity index (χ1n) is 6.08. The number of rotatable bonds is 4. The van der Waals surface area contributed by atoms with Crippen LogP contribution in [0.1, 0.15) is 28.8 Å². The lowest BCUT2D eigenvalue weighted by Crippen LogP contribution is -2.35. The average Bonchev–Trinajstić information content (AvgIpc) is 3.12. The first-order valence-corrected chi connectivity index (χ1v) is 6.08. The summed E-state index contributed by atoms with van der Waals surface area (Å²) in [6, 6.07) is 7.52. The number of aryl methyl sites for hydroxylation is 1. The monoisotopic (exact) mass is 233 g/mol. The average molecular weight is 233 g/mol. The molecular formula is C14H19NO2. The molecule has 1 N–H and O–H groups in total. The number of benzene rings is 1. The van der Waals surface area contributed by atoms with Gasteiger partial charge in [-0.05, 0) is 37.8 Å². The quantitative estimate of drug-likeness (QED) is 0.862. The van der Waals surface area contributed by atoms with E-state index in [-0.39, 0.29) is 12.0 Å². The summed E-state index contributed by atoms with van der Waals surface area (Å²) in [5.41, 5.74) is 1.82. The lowest BCUT2D eigenvalue weighted by molar-refractivity contribution is 0.0645. The fraction of sp³-hybridized carbons (Fsp3) is 0.500. The Kier molecular flexibility index (Phi) is 3.48. The molecule has 1 aliphatic rings. The van der Waals surface area contributed by atoms with Gasteiger partial charge in [-0.15, -0.1) is 0 Å². The molecule has 3 heteroatoms. The van der Waals surface area contributed by atoms with Crippen molar-refractivity contribution in [2.75, 3.05) is 13.6 Å². The van der Waals surface area contributed by atoms with Gasteiger partial charge in [-0.1, -0.05) is 17.7 Å². The van der Waals surface area contributed by atoms with Gasteiger partial charge in [0.2, 0.25) is 0 Å². The van der Waals surface area contributed by atoms with Gasteiger partial charge in [0.25, 0.3) is 5.91 Å². The third-order valence-corrected chi connectivity index (χ3v) is 3.27. The highest BCUT2D eigenvalue weighted by Gasteiger charge is 2.31. The van der Waals surface area contributed by atoms with E-state index >= 15 is 0 Å². The standard InChI is InChI=1S/C14H19NO2/c1-10-3-5-12(6-4-10)14(17)15(2)9-13(16)11-7-8-11/h3-6,11,13,16H,7-9H2,1-2H3. The van der Waals surface area contributed by atoms with Gasteiger partial charge in [-0.25, -0.2) is 0 Å². The van der Waals surface area contributed by atoms with Crippen LogP contribution < -0.4 is 0 Å². The predicted octanol–water partition coefficient (Wildman–Crippen LogP) is 1.84. The molecule has 1 fully saturated rings. The topological polar surface area (TPSA) is 40.5 Å². The first-order chi connectivity index (χ1) is 8.08. The van der Waals surface area contributed by atoms with Gasteiger partial charge in [-0.2, -0.15) is 0 Å². The summed E-state index contributed by atoms with van der Waals surface area (Å²) in [5, 5.41) is 9.81. The van der Waals surface area contributed by atoms with Gasteiger partial charge in [-0.3, -0.25) is 4.79 Å². The molecular weight excluding hydrogens is 214 g/mol. The molecule has 2 rings (SSSR count). The first kappa shape index (κ1) is 12.1. The number of carbonyl (C=O) groups excluding carboxylic acids is 1. The second-order valence-corrected chi connectivity index (χ2v) is 4.96. The molecule has 1 atom stereocenters. The molecule has 0 saturated heterocycles. The Labute approximate surface area is 102 Å². The zero-order valence-electron chi connectivity index (χ0n) is 10.4. The number of aliphatic hydroxyl groups is 1. The molecule has 1 saturated carbocycles. The third kappa shape index (κ3) is 3.07. The van der Waals surface area contributed by atoms with Crippen LogP contribution in [0.5, 0.6) is 0 Å². The Morgan fingerprint density at radius 2 is 2.00 bits per heavy atom. The predicted molar refractivity (Wildman–Crippen MR) is 66.9 cm³/mol. The molecule has 0 spiro atoms. The number of aliphatic hydroxyl groups excluding tert-OH is 1. The maximum atomic E-state index is 12.0. The number of hydrogen-bond acceptors (Lipinski definition) is 2. The number of likely N-dealkylation sites (N-methyl/N-ethyl adjacent to an activating group) is 1. The molecule has 0 radical (unpaired) electrons. The highest BCUT2D eigenvalue weighted by atomic mass is 16.3. The minimum Gasteiger partial charge on any atom is -0.391 e. The second-order valence-electron chi connectivity index (χ2n) is 4.96. The fourth-order valence-corrected chi connectivity index (χ4v) is 1.91. The number of nitrogens with zero attached hydrogens (tertiary/aromatic N) is 1. The van der Waals surface area contributed by atoms with Gasteiger partial charge in [0.1, 0.15) is 0 Å². The smallest absolute Gasteiger partial charge is 0.253 e. The summed E-state index contributed by atoms with van der Waals surface area (Å²) in [5.74, 6) is 0.382. The Bertz CT molecular complexity index is 395. The summed E-state index contributed by atoms with van der Waals surface area (Å²) >= 11 is 0. The molecule has 1 aromatic carbocycles. The molecule has 0 aromatic heterocycles. The Hall–Kier alpha value is -1.35. The molecule has 1 aromatic rings. The lowest BCUT2D eigenvalue weighted by atomic mass is 10.1. The van der Waals surface area contributed by atoms with Gasteiger partial charge in [0.05, 0.1) is 6.10 Å². The van der Waals surface area contributed by atoms with E-state index in [0.29, 0.717) is 18.0 Å². The molecule has 0 heterocycles. The van der Waals surface area contributed by atoms with Crippen molar-refractivity contribution in [3.05, 3.63) is 35.4 Å². The van der Waals surface area contributed by atoms with Crippen LogP contribution >= 0.6 is 0 Å². The van der Waals surface area contributed by atoms with Crippen molar-refractivity contribution in [3.8, 4) is 0 Å². The zero-order valence-corrected chi connectivity index (χ0v) is 10.4. The molecule has 1 amide bonds. The number of hydrogen-bond donors (Lipinski definition) is 1. The van der Waals surface area contributed by atoms with E-state index in [1.54, 1.807) is 11.9 Å². The molecule has 1 unspecified atom stereocenters. The number of amides is 1. The number of carbonyl (C=O) groups is 1. The van der Waals surface area contributed by atoms with Crippen molar-refractivity contribution in [2.45, 2.75) is 25.9 Å². The highest BCUT2D eigenvalue weighted by Crippen LogP contribution is 2.32. The third-order valence-electron chi connectivity index (χ3n) is 3.27. The zero-order chi connectivity index (χ0) is 12.4. The van der Waals surface area contributed by atoms with Crippen LogP contribution in [0.4, 0.5) is 0 Å².